The number of hydrazone groups is 1. The van der Waals surface area contributed by atoms with E-state index in [-0.39, 0.29) is 11.7 Å². The monoisotopic (exact) mass is 304 g/mol. The topological polar surface area (TPSA) is 50.7 Å². The second-order valence-electron chi connectivity index (χ2n) is 4.38. The Kier molecular flexibility index (Phi) is 5.19. The highest BCUT2D eigenvalue weighted by Gasteiger charge is 2.11. The van der Waals surface area contributed by atoms with E-state index in [4.69, 9.17) is 0 Å². The number of halogens is 2. The molecule has 0 unspecified atom stereocenters. The molecule has 4 nitrogen and oxygen atoms in total. The number of rotatable bonds is 5. The smallest absolute Gasteiger partial charge is 0.387 e. The van der Waals surface area contributed by atoms with Gasteiger partial charge in [-0.05, 0) is 31.2 Å². The molecule has 2 rings (SSSR count). The van der Waals surface area contributed by atoms with E-state index in [0.29, 0.717) is 16.8 Å². The van der Waals surface area contributed by atoms with Crippen LogP contribution in [0, 0.1) is 0 Å². The summed E-state index contributed by atoms with van der Waals surface area (Å²) in [5.74, 6) is -0.375. The molecule has 1 N–H and O–H groups in total. The van der Waals surface area contributed by atoms with Gasteiger partial charge in [0.25, 0.3) is 5.91 Å². The fourth-order valence-electron chi connectivity index (χ4n) is 1.81. The van der Waals surface area contributed by atoms with E-state index in [1.54, 1.807) is 55.5 Å². The minimum Gasteiger partial charge on any atom is -0.434 e. The third kappa shape index (κ3) is 4.12. The Labute approximate surface area is 126 Å². The van der Waals surface area contributed by atoms with Gasteiger partial charge in [0, 0.05) is 11.1 Å². The fraction of sp³-hybridized carbons (Fsp3) is 0.125. The van der Waals surface area contributed by atoms with Crippen LogP contribution in [0.1, 0.15) is 22.8 Å². The van der Waals surface area contributed by atoms with Gasteiger partial charge in [0.2, 0.25) is 0 Å². The second kappa shape index (κ2) is 7.31. The van der Waals surface area contributed by atoms with Gasteiger partial charge in [0.15, 0.2) is 0 Å². The molecule has 0 aliphatic rings. The Morgan fingerprint density at radius 1 is 1.09 bits per heavy atom. The molecule has 2 aromatic rings. The normalized spacial score (nSPS) is 11.4. The van der Waals surface area contributed by atoms with Crippen molar-refractivity contribution in [3.63, 3.8) is 0 Å². The van der Waals surface area contributed by atoms with Gasteiger partial charge in [-0.1, -0.05) is 30.3 Å². The lowest BCUT2D eigenvalue weighted by Crippen LogP contribution is -2.19. The van der Waals surface area contributed by atoms with Crippen LogP contribution in [0.2, 0.25) is 0 Å². The number of alkyl halides is 2. The SMILES string of the molecule is C/C(=N\NC(=O)c1ccccc1)c1ccccc1OC(F)F. The standard InChI is InChI=1S/C16H14F2N2O2/c1-11(13-9-5-6-10-14(13)22-16(17)18)19-20-15(21)12-7-3-2-4-8-12/h2-10,16H,1H3,(H,20,21)/b19-11+. The van der Waals surface area contributed by atoms with Crippen LogP contribution >= 0.6 is 0 Å². The second-order valence-corrected chi connectivity index (χ2v) is 4.38. The first-order valence-electron chi connectivity index (χ1n) is 6.52. The molecular weight excluding hydrogens is 290 g/mol. The predicted octanol–water partition coefficient (Wildman–Crippen LogP) is 3.44. The van der Waals surface area contributed by atoms with Crippen molar-refractivity contribution in [1.82, 2.24) is 5.43 Å². The quantitative estimate of drug-likeness (QED) is 0.679. The maximum absolute atomic E-state index is 12.4. The molecular formula is C16H14F2N2O2. The van der Waals surface area contributed by atoms with Crippen molar-refractivity contribution < 1.29 is 18.3 Å². The zero-order valence-electron chi connectivity index (χ0n) is 11.8. The molecule has 0 aliphatic carbocycles. The Balaban J connectivity index is 2.14. The first-order valence-corrected chi connectivity index (χ1v) is 6.52. The van der Waals surface area contributed by atoms with Gasteiger partial charge in [-0.25, -0.2) is 5.43 Å². The highest BCUT2D eigenvalue weighted by molar-refractivity contribution is 6.02. The molecule has 0 saturated carbocycles. The van der Waals surface area contributed by atoms with Crippen LogP contribution < -0.4 is 10.2 Å². The number of hydrogen-bond acceptors (Lipinski definition) is 3. The average Bonchev–Trinajstić information content (AvgIpc) is 2.53. The van der Waals surface area contributed by atoms with Gasteiger partial charge in [-0.2, -0.15) is 13.9 Å². The summed E-state index contributed by atoms with van der Waals surface area (Å²) in [5.41, 5.74) is 3.59. The molecule has 2 aromatic carbocycles. The Bertz CT molecular complexity index is 673. The van der Waals surface area contributed by atoms with Crippen LogP contribution in [0.4, 0.5) is 8.78 Å². The molecule has 0 fully saturated rings. The van der Waals surface area contributed by atoms with E-state index in [2.05, 4.69) is 15.3 Å². The van der Waals surface area contributed by atoms with Gasteiger partial charge in [-0.3, -0.25) is 4.79 Å². The summed E-state index contributed by atoms with van der Waals surface area (Å²) in [7, 11) is 0. The maximum Gasteiger partial charge on any atom is 0.387 e. The number of carbonyl (C=O) groups is 1. The van der Waals surface area contributed by atoms with E-state index < -0.39 is 6.61 Å². The molecule has 22 heavy (non-hydrogen) atoms. The van der Waals surface area contributed by atoms with Gasteiger partial charge in [-0.15, -0.1) is 0 Å². The molecule has 0 saturated heterocycles. The molecule has 6 heteroatoms. The zero-order valence-corrected chi connectivity index (χ0v) is 11.8. The Morgan fingerprint density at radius 3 is 2.41 bits per heavy atom. The number of amides is 1. The summed E-state index contributed by atoms with van der Waals surface area (Å²) in [4.78, 5) is 11.9. The van der Waals surface area contributed by atoms with Crippen molar-refractivity contribution in [3.05, 3.63) is 65.7 Å². The Hall–Kier alpha value is -2.76. The zero-order chi connectivity index (χ0) is 15.9. The van der Waals surface area contributed by atoms with Crippen molar-refractivity contribution in [3.8, 4) is 5.75 Å². The number of ether oxygens (including phenoxy) is 1. The summed E-state index contributed by atoms with van der Waals surface area (Å²) in [6.45, 7) is -1.33. The molecule has 0 aromatic heterocycles. The summed E-state index contributed by atoms with van der Waals surface area (Å²) in [6.07, 6.45) is 0. The molecule has 0 radical (unpaired) electrons. The van der Waals surface area contributed by atoms with Crippen molar-refractivity contribution in [2.75, 3.05) is 0 Å². The first-order chi connectivity index (χ1) is 10.6. The lowest BCUT2D eigenvalue weighted by molar-refractivity contribution is -0.0499. The summed E-state index contributed by atoms with van der Waals surface area (Å²) < 4.78 is 29.2. The van der Waals surface area contributed by atoms with E-state index in [9.17, 15) is 13.6 Å². The summed E-state index contributed by atoms with van der Waals surface area (Å²) >= 11 is 0. The van der Waals surface area contributed by atoms with Crippen LogP contribution in [0.25, 0.3) is 0 Å². The van der Waals surface area contributed by atoms with Crippen molar-refractivity contribution in [1.29, 1.82) is 0 Å². The average molecular weight is 304 g/mol. The molecule has 114 valence electrons. The van der Waals surface area contributed by atoms with Crippen LogP contribution in [-0.2, 0) is 0 Å². The van der Waals surface area contributed by atoms with Crippen molar-refractivity contribution in [2.45, 2.75) is 13.5 Å². The summed E-state index contributed by atoms with van der Waals surface area (Å²) in [6, 6.07) is 14.8. The number of para-hydroxylation sites is 1. The number of nitrogens with zero attached hydrogens (tertiary/aromatic N) is 1. The lowest BCUT2D eigenvalue weighted by atomic mass is 10.1. The first kappa shape index (κ1) is 15.6. The lowest BCUT2D eigenvalue weighted by Gasteiger charge is -2.10. The van der Waals surface area contributed by atoms with Gasteiger partial charge in [0.1, 0.15) is 5.75 Å². The van der Waals surface area contributed by atoms with E-state index in [1.807, 2.05) is 0 Å². The largest absolute Gasteiger partial charge is 0.434 e. The molecule has 1 amide bonds. The molecule has 0 atom stereocenters. The molecule has 0 aliphatic heterocycles. The number of benzene rings is 2. The van der Waals surface area contributed by atoms with Crippen molar-refractivity contribution >= 4 is 11.6 Å². The van der Waals surface area contributed by atoms with Crippen molar-refractivity contribution in [2.24, 2.45) is 5.10 Å². The van der Waals surface area contributed by atoms with Gasteiger partial charge >= 0.3 is 6.61 Å². The Morgan fingerprint density at radius 2 is 1.73 bits per heavy atom. The minimum atomic E-state index is -2.92. The van der Waals surface area contributed by atoms with E-state index in [1.165, 1.54) is 6.07 Å². The molecule has 0 bridgehead atoms. The van der Waals surface area contributed by atoms with Crippen LogP contribution in [0.5, 0.6) is 5.75 Å². The maximum atomic E-state index is 12.4. The number of hydrogen-bond donors (Lipinski definition) is 1. The van der Waals surface area contributed by atoms with Gasteiger partial charge < -0.3 is 4.74 Å². The molecule has 0 spiro atoms. The van der Waals surface area contributed by atoms with E-state index >= 15 is 0 Å². The third-order valence-corrected chi connectivity index (χ3v) is 2.85. The minimum absolute atomic E-state index is 0.00714. The number of carbonyl (C=O) groups excluding carboxylic acids is 1. The molecule has 0 heterocycles. The third-order valence-electron chi connectivity index (χ3n) is 2.85. The number of nitrogens with one attached hydrogen (secondary N) is 1. The highest BCUT2D eigenvalue weighted by Crippen LogP contribution is 2.20. The highest BCUT2D eigenvalue weighted by atomic mass is 19.3. The predicted molar refractivity (Wildman–Crippen MR) is 79.2 cm³/mol. The van der Waals surface area contributed by atoms with Crippen LogP contribution in [0.15, 0.2) is 59.7 Å². The van der Waals surface area contributed by atoms with Crippen LogP contribution in [-0.4, -0.2) is 18.2 Å². The fourth-order valence-corrected chi connectivity index (χ4v) is 1.81. The van der Waals surface area contributed by atoms with Gasteiger partial charge in [0.05, 0.1) is 5.71 Å². The van der Waals surface area contributed by atoms with E-state index in [0.717, 1.165) is 0 Å². The summed E-state index contributed by atoms with van der Waals surface area (Å²) in [5, 5.41) is 3.93. The van der Waals surface area contributed by atoms with Crippen LogP contribution in [0.3, 0.4) is 0 Å².